The Morgan fingerprint density at radius 2 is 1.80 bits per heavy atom. The zero-order chi connectivity index (χ0) is 22.5. The van der Waals surface area contributed by atoms with Crippen LogP contribution in [0.2, 0.25) is 0 Å². The third-order valence-electron chi connectivity index (χ3n) is 5.50. The molecule has 0 aromatic heterocycles. The van der Waals surface area contributed by atoms with E-state index < -0.39 is 0 Å². The number of hydrogen-bond acceptors (Lipinski definition) is 4. The van der Waals surface area contributed by atoms with E-state index in [4.69, 9.17) is 0 Å². The van der Waals surface area contributed by atoms with Crippen LogP contribution >= 0.6 is 0 Å². The van der Waals surface area contributed by atoms with E-state index in [1.54, 1.807) is 13.0 Å². The maximum atomic E-state index is 12.8. The van der Waals surface area contributed by atoms with Gasteiger partial charge in [0.05, 0.1) is 12.2 Å². The lowest BCUT2D eigenvalue weighted by atomic mass is 10.1. The van der Waals surface area contributed by atoms with Crippen molar-refractivity contribution in [3.63, 3.8) is 0 Å². The molecule has 1 rings (SSSR count). The molecular weight excluding hydrogens is 374 g/mol. The van der Waals surface area contributed by atoms with E-state index in [0.717, 1.165) is 31.8 Å². The highest BCUT2D eigenvalue weighted by Gasteiger charge is 2.31. The van der Waals surface area contributed by atoms with E-state index in [1.165, 1.54) is 32.1 Å². The van der Waals surface area contributed by atoms with Gasteiger partial charge in [-0.05, 0) is 39.3 Å². The zero-order valence-corrected chi connectivity index (χ0v) is 20.0. The van der Waals surface area contributed by atoms with Crippen molar-refractivity contribution in [3.8, 4) is 0 Å². The quantitative estimate of drug-likeness (QED) is 0.320. The summed E-state index contributed by atoms with van der Waals surface area (Å²) in [5.41, 5.74) is 1.49. The minimum Gasteiger partial charge on any atom is -0.337 e. The standard InChI is InChI=1S/C25H43N3O2/c1-7-10-12-17-26(16-11-8-2)18-13-15-25(30)27-19-21(4)28(22(5)20-27)24(14-9-3)23(6)29/h13-15,22H,4,7-12,16-20H2,1-3,5-6H3/b15-13+,24-14-/t22-/m0/s1. The molecule has 5 heteroatoms. The maximum absolute atomic E-state index is 12.8. The normalized spacial score (nSPS) is 18.0. The van der Waals surface area contributed by atoms with E-state index in [0.29, 0.717) is 18.8 Å². The van der Waals surface area contributed by atoms with Gasteiger partial charge in [0.15, 0.2) is 5.78 Å². The Morgan fingerprint density at radius 1 is 1.13 bits per heavy atom. The minimum absolute atomic E-state index is 0.0236. The van der Waals surface area contributed by atoms with E-state index in [9.17, 15) is 9.59 Å². The number of unbranched alkanes of at least 4 members (excludes halogenated alkanes) is 3. The van der Waals surface area contributed by atoms with Crippen LogP contribution < -0.4 is 0 Å². The summed E-state index contributed by atoms with van der Waals surface area (Å²) >= 11 is 0. The molecule has 0 aromatic carbocycles. The van der Waals surface area contributed by atoms with Crippen LogP contribution in [0, 0.1) is 0 Å². The summed E-state index contributed by atoms with van der Waals surface area (Å²) in [5, 5.41) is 0. The van der Waals surface area contributed by atoms with Gasteiger partial charge in [-0.1, -0.05) is 58.8 Å². The Labute approximate surface area is 184 Å². The fraction of sp³-hybridized carbons (Fsp3) is 0.680. The Hall–Kier alpha value is -1.88. The molecule has 30 heavy (non-hydrogen) atoms. The molecule has 170 valence electrons. The molecule has 0 aromatic rings. The predicted octanol–water partition coefficient (Wildman–Crippen LogP) is 4.76. The summed E-state index contributed by atoms with van der Waals surface area (Å²) in [7, 11) is 0. The smallest absolute Gasteiger partial charge is 0.246 e. The molecule has 1 fully saturated rings. The van der Waals surface area contributed by atoms with Crippen LogP contribution in [0.3, 0.4) is 0 Å². The van der Waals surface area contributed by atoms with Crippen LogP contribution in [0.1, 0.15) is 73.1 Å². The number of allylic oxidation sites excluding steroid dienone is 2. The fourth-order valence-corrected chi connectivity index (χ4v) is 3.92. The maximum Gasteiger partial charge on any atom is 0.246 e. The molecule has 1 aliphatic heterocycles. The van der Waals surface area contributed by atoms with Gasteiger partial charge in [-0.25, -0.2) is 0 Å². The summed E-state index contributed by atoms with van der Waals surface area (Å²) in [6, 6.07) is 0.0281. The first-order valence-electron chi connectivity index (χ1n) is 11.7. The monoisotopic (exact) mass is 417 g/mol. The van der Waals surface area contributed by atoms with Crippen LogP contribution in [-0.2, 0) is 9.59 Å². The van der Waals surface area contributed by atoms with Crippen molar-refractivity contribution in [2.24, 2.45) is 0 Å². The van der Waals surface area contributed by atoms with Crippen molar-refractivity contribution >= 4 is 11.7 Å². The molecule has 0 aliphatic carbocycles. The first-order chi connectivity index (χ1) is 14.3. The summed E-state index contributed by atoms with van der Waals surface area (Å²) in [4.78, 5) is 31.1. The van der Waals surface area contributed by atoms with Crippen molar-refractivity contribution in [3.05, 3.63) is 36.2 Å². The van der Waals surface area contributed by atoms with Gasteiger partial charge in [0.2, 0.25) is 5.91 Å². The molecule has 0 bridgehead atoms. The Kier molecular flexibility index (Phi) is 12.4. The van der Waals surface area contributed by atoms with Crippen molar-refractivity contribution < 1.29 is 9.59 Å². The van der Waals surface area contributed by atoms with Crippen molar-refractivity contribution in [1.29, 1.82) is 0 Å². The zero-order valence-electron chi connectivity index (χ0n) is 20.0. The SMILES string of the molecule is C=C1CN(C(=O)/C=C/CN(CCCC)CCCCC)C[C@H](C)N1/C(=C\CC)C(C)=O. The summed E-state index contributed by atoms with van der Waals surface area (Å²) in [6.07, 6.45) is 12.5. The molecule has 1 aliphatic rings. The van der Waals surface area contributed by atoms with Crippen LogP contribution in [0.4, 0.5) is 0 Å². The van der Waals surface area contributed by atoms with Crippen LogP contribution in [0.15, 0.2) is 36.2 Å². The fourth-order valence-electron chi connectivity index (χ4n) is 3.92. The summed E-state index contributed by atoms with van der Waals surface area (Å²) < 4.78 is 0. The molecule has 1 saturated heterocycles. The topological polar surface area (TPSA) is 43.9 Å². The van der Waals surface area contributed by atoms with Gasteiger partial charge >= 0.3 is 0 Å². The van der Waals surface area contributed by atoms with Gasteiger partial charge in [-0.3, -0.25) is 14.5 Å². The third-order valence-corrected chi connectivity index (χ3v) is 5.50. The number of rotatable bonds is 13. The van der Waals surface area contributed by atoms with E-state index in [1.807, 2.05) is 35.8 Å². The Balaban J connectivity index is 2.68. The largest absolute Gasteiger partial charge is 0.337 e. The second kappa shape index (κ2) is 14.2. The highest BCUT2D eigenvalue weighted by Crippen LogP contribution is 2.24. The molecule has 0 unspecified atom stereocenters. The number of carbonyl (C=O) groups excluding carboxylic acids is 2. The number of Topliss-reactive ketones (excluding diaryl/α,β-unsaturated/α-hetero) is 1. The van der Waals surface area contributed by atoms with Crippen LogP contribution in [-0.4, -0.2) is 65.2 Å². The number of carbonyl (C=O) groups is 2. The predicted molar refractivity (Wildman–Crippen MR) is 126 cm³/mol. The van der Waals surface area contributed by atoms with E-state index in [-0.39, 0.29) is 17.7 Å². The van der Waals surface area contributed by atoms with Gasteiger partial charge in [0.1, 0.15) is 0 Å². The van der Waals surface area contributed by atoms with Gasteiger partial charge in [0.25, 0.3) is 0 Å². The lowest BCUT2D eigenvalue weighted by Gasteiger charge is -2.43. The van der Waals surface area contributed by atoms with Crippen LogP contribution in [0.25, 0.3) is 0 Å². The number of ketones is 1. The summed E-state index contributed by atoms with van der Waals surface area (Å²) in [6.45, 7) is 18.3. The second-order valence-corrected chi connectivity index (χ2v) is 8.32. The molecule has 1 amide bonds. The van der Waals surface area contributed by atoms with Crippen LogP contribution in [0.5, 0.6) is 0 Å². The van der Waals surface area contributed by atoms with Gasteiger partial charge in [-0.15, -0.1) is 0 Å². The highest BCUT2D eigenvalue weighted by molar-refractivity contribution is 5.93. The lowest BCUT2D eigenvalue weighted by molar-refractivity contribution is -0.127. The number of piperazine rings is 1. The average molecular weight is 418 g/mol. The number of nitrogens with zero attached hydrogens (tertiary/aromatic N) is 3. The molecular formula is C25H43N3O2. The summed E-state index contributed by atoms with van der Waals surface area (Å²) in [5.74, 6) is 0.0651. The van der Waals surface area contributed by atoms with Gasteiger partial charge in [0, 0.05) is 37.8 Å². The Bertz CT molecular complexity index is 624. The van der Waals surface area contributed by atoms with E-state index >= 15 is 0 Å². The third kappa shape index (κ3) is 8.47. The minimum atomic E-state index is 0.0236. The lowest BCUT2D eigenvalue weighted by Crippen LogP contribution is -2.51. The molecule has 0 saturated carbocycles. The molecule has 0 radical (unpaired) electrons. The number of amides is 1. The molecule has 0 spiro atoms. The van der Waals surface area contributed by atoms with Crippen molar-refractivity contribution in [2.45, 2.75) is 79.2 Å². The molecule has 1 atom stereocenters. The molecule has 5 nitrogen and oxygen atoms in total. The molecule has 0 N–H and O–H groups in total. The van der Waals surface area contributed by atoms with E-state index in [2.05, 4.69) is 25.3 Å². The van der Waals surface area contributed by atoms with Gasteiger partial charge in [-0.2, -0.15) is 0 Å². The van der Waals surface area contributed by atoms with Crippen molar-refractivity contribution in [1.82, 2.24) is 14.7 Å². The second-order valence-electron chi connectivity index (χ2n) is 8.32. The van der Waals surface area contributed by atoms with Crippen molar-refractivity contribution in [2.75, 3.05) is 32.7 Å². The Morgan fingerprint density at radius 3 is 2.37 bits per heavy atom. The highest BCUT2D eigenvalue weighted by atomic mass is 16.2. The molecule has 1 heterocycles. The first-order valence-corrected chi connectivity index (χ1v) is 11.7. The van der Waals surface area contributed by atoms with Gasteiger partial charge < -0.3 is 9.80 Å². The first kappa shape index (κ1) is 26.2. The average Bonchev–Trinajstić information content (AvgIpc) is 2.70. The number of hydrogen-bond donors (Lipinski definition) is 0.